The topological polar surface area (TPSA) is 49.8 Å². The highest BCUT2D eigenvalue weighted by molar-refractivity contribution is 6.02. The molecular formula is C25H23NO3. The molecule has 1 heterocycles. The normalized spacial score (nSPS) is 17.4. The molecule has 3 aromatic carbocycles. The van der Waals surface area contributed by atoms with Crippen molar-refractivity contribution >= 4 is 16.6 Å². The maximum Gasteiger partial charge on any atom is 0.193 e. The number of hydrogen-bond acceptors (Lipinski definition) is 4. The Morgan fingerprint density at radius 2 is 1.69 bits per heavy atom. The molecule has 4 nitrogen and oxygen atoms in total. The molecule has 146 valence electrons. The van der Waals surface area contributed by atoms with Crippen LogP contribution in [-0.2, 0) is 4.74 Å². The lowest BCUT2D eigenvalue weighted by Crippen LogP contribution is -2.43. The van der Waals surface area contributed by atoms with Crippen molar-refractivity contribution in [2.75, 3.05) is 7.11 Å². The second-order valence-corrected chi connectivity index (χ2v) is 7.09. The van der Waals surface area contributed by atoms with Gasteiger partial charge in [-0.15, -0.1) is 0 Å². The number of benzene rings is 3. The predicted octanol–water partition coefficient (Wildman–Crippen LogP) is 5.40. The first-order valence-electron chi connectivity index (χ1n) is 9.61. The third-order valence-electron chi connectivity index (χ3n) is 5.45. The molecule has 0 bridgehead atoms. The number of methoxy groups -OCH3 is 1. The molecular weight excluding hydrogens is 362 g/mol. The Balaban J connectivity index is 1.79. The van der Waals surface area contributed by atoms with Crippen LogP contribution in [0.4, 0.5) is 0 Å². The lowest BCUT2D eigenvalue weighted by Gasteiger charge is -2.37. The summed E-state index contributed by atoms with van der Waals surface area (Å²) in [7, 11) is 1.49. The smallest absolute Gasteiger partial charge is 0.193 e. The minimum absolute atomic E-state index is 0.0732. The molecule has 0 aliphatic carbocycles. The lowest BCUT2D eigenvalue weighted by atomic mass is 9.93. The Bertz CT molecular complexity index is 1100. The van der Waals surface area contributed by atoms with Crippen molar-refractivity contribution in [3.63, 3.8) is 0 Å². The molecule has 0 aromatic heterocycles. The molecule has 29 heavy (non-hydrogen) atoms. The van der Waals surface area contributed by atoms with E-state index < -0.39 is 6.04 Å². The van der Waals surface area contributed by atoms with Gasteiger partial charge in [0.25, 0.3) is 0 Å². The molecule has 2 unspecified atom stereocenters. The highest BCUT2D eigenvalue weighted by Gasteiger charge is 2.36. The van der Waals surface area contributed by atoms with E-state index in [2.05, 4.69) is 24.3 Å². The molecule has 0 saturated carbocycles. The number of fused-ring (bicyclic) bond motifs is 1. The second-order valence-electron chi connectivity index (χ2n) is 7.09. The van der Waals surface area contributed by atoms with Gasteiger partial charge in [0.2, 0.25) is 0 Å². The van der Waals surface area contributed by atoms with Gasteiger partial charge in [0.05, 0.1) is 13.2 Å². The first-order valence-corrected chi connectivity index (χ1v) is 9.61. The molecule has 1 N–H and O–H groups in total. The Morgan fingerprint density at radius 1 is 1.00 bits per heavy atom. The molecule has 0 fully saturated rings. The average Bonchev–Trinajstić information content (AvgIpc) is 2.78. The summed E-state index contributed by atoms with van der Waals surface area (Å²) in [5, 5.41) is 13.1. The highest BCUT2D eigenvalue weighted by atomic mass is 16.5. The molecule has 4 rings (SSSR count). The Labute approximate surface area is 170 Å². The van der Waals surface area contributed by atoms with E-state index in [1.165, 1.54) is 7.11 Å². The fourth-order valence-electron chi connectivity index (χ4n) is 3.92. The maximum absolute atomic E-state index is 13.4. The molecule has 3 aromatic rings. The number of carbonyl (C=O) groups is 1. The SMILES string of the molecule is COC1=C(O)C(C(=O)c2ccccc2)N(C(C)c2cccc3ccccc23)C=C1. The molecule has 0 saturated heterocycles. The summed E-state index contributed by atoms with van der Waals surface area (Å²) >= 11 is 0. The molecule has 0 amide bonds. The van der Waals surface area contributed by atoms with E-state index in [1.54, 1.807) is 18.2 Å². The van der Waals surface area contributed by atoms with Gasteiger partial charge in [0.1, 0.15) is 0 Å². The highest BCUT2D eigenvalue weighted by Crippen LogP contribution is 2.34. The number of nitrogens with zero attached hydrogens (tertiary/aromatic N) is 1. The first kappa shape index (κ1) is 18.8. The van der Waals surface area contributed by atoms with Crippen LogP contribution in [0.5, 0.6) is 0 Å². The molecule has 1 aliphatic heterocycles. The van der Waals surface area contributed by atoms with Gasteiger partial charge < -0.3 is 14.7 Å². The van der Waals surface area contributed by atoms with Gasteiger partial charge in [0, 0.05) is 11.8 Å². The van der Waals surface area contributed by atoms with Crippen molar-refractivity contribution < 1.29 is 14.6 Å². The monoisotopic (exact) mass is 385 g/mol. The summed E-state index contributed by atoms with van der Waals surface area (Å²) in [5.41, 5.74) is 1.64. The van der Waals surface area contributed by atoms with Gasteiger partial charge in [0.15, 0.2) is 23.3 Å². The van der Waals surface area contributed by atoms with E-state index >= 15 is 0 Å². The second kappa shape index (κ2) is 7.84. The summed E-state index contributed by atoms with van der Waals surface area (Å²) in [6.07, 6.45) is 3.53. The number of rotatable bonds is 5. The van der Waals surface area contributed by atoms with E-state index in [1.807, 2.05) is 54.4 Å². The molecule has 4 heteroatoms. The Morgan fingerprint density at radius 3 is 2.45 bits per heavy atom. The van der Waals surface area contributed by atoms with Gasteiger partial charge in [-0.2, -0.15) is 0 Å². The van der Waals surface area contributed by atoms with Crippen molar-refractivity contribution in [2.24, 2.45) is 0 Å². The van der Waals surface area contributed by atoms with Crippen molar-refractivity contribution in [1.29, 1.82) is 0 Å². The Hall–Kier alpha value is -3.53. The van der Waals surface area contributed by atoms with Crippen LogP contribution in [0.25, 0.3) is 10.8 Å². The van der Waals surface area contributed by atoms with Crippen LogP contribution in [0.1, 0.15) is 28.9 Å². The Kier molecular flexibility index (Phi) is 5.09. The third kappa shape index (κ3) is 3.38. The van der Waals surface area contributed by atoms with Crippen LogP contribution < -0.4 is 0 Å². The van der Waals surface area contributed by atoms with Crippen LogP contribution in [0, 0.1) is 0 Å². The van der Waals surface area contributed by atoms with Crippen LogP contribution in [0.15, 0.2) is 96.6 Å². The first-order chi connectivity index (χ1) is 14.1. The van der Waals surface area contributed by atoms with Crippen LogP contribution in [-0.4, -0.2) is 28.9 Å². The fraction of sp³-hybridized carbons (Fsp3) is 0.160. The summed E-state index contributed by atoms with van der Waals surface area (Å²) in [4.78, 5) is 15.3. The number of aliphatic hydroxyl groups is 1. The zero-order chi connectivity index (χ0) is 20.4. The molecule has 0 spiro atoms. The number of carbonyl (C=O) groups excluding carboxylic acids is 1. The number of ether oxygens (including phenoxy) is 1. The number of hydrogen-bond donors (Lipinski definition) is 1. The number of aliphatic hydroxyl groups excluding tert-OH is 1. The van der Waals surface area contributed by atoms with Crippen LogP contribution in [0.2, 0.25) is 0 Å². The number of allylic oxidation sites excluding steroid dienone is 1. The third-order valence-corrected chi connectivity index (χ3v) is 5.45. The van der Waals surface area contributed by atoms with Gasteiger partial charge in [-0.25, -0.2) is 0 Å². The van der Waals surface area contributed by atoms with Gasteiger partial charge in [-0.05, 0) is 29.3 Å². The van der Waals surface area contributed by atoms with Gasteiger partial charge in [-0.1, -0.05) is 72.8 Å². The van der Waals surface area contributed by atoms with Crippen molar-refractivity contribution in [1.82, 2.24) is 4.90 Å². The van der Waals surface area contributed by atoms with Gasteiger partial charge >= 0.3 is 0 Å². The molecule has 0 radical (unpaired) electrons. The van der Waals surface area contributed by atoms with E-state index in [0.29, 0.717) is 11.3 Å². The summed E-state index contributed by atoms with van der Waals surface area (Å²) in [5.74, 6) is 0.0608. The molecule has 2 atom stereocenters. The number of Topliss-reactive ketones (excluding diaryl/α,β-unsaturated/α-hetero) is 1. The van der Waals surface area contributed by atoms with E-state index in [4.69, 9.17) is 4.74 Å². The van der Waals surface area contributed by atoms with Crippen molar-refractivity contribution in [3.8, 4) is 0 Å². The standard InChI is InChI=1S/C25H23NO3/c1-17(20-14-8-12-18-9-6-7-13-21(18)20)26-16-15-22(29-2)25(28)23(26)24(27)19-10-4-3-5-11-19/h3-17,23,28H,1-2H3. The zero-order valence-electron chi connectivity index (χ0n) is 16.4. The minimum atomic E-state index is -0.855. The van der Waals surface area contributed by atoms with Crippen molar-refractivity contribution in [3.05, 3.63) is 108 Å². The number of ketones is 1. The summed E-state index contributed by atoms with van der Waals surface area (Å²) < 4.78 is 5.29. The van der Waals surface area contributed by atoms with E-state index in [0.717, 1.165) is 16.3 Å². The largest absolute Gasteiger partial charge is 0.506 e. The summed E-state index contributed by atoms with van der Waals surface area (Å²) in [6.45, 7) is 2.04. The fourth-order valence-corrected chi connectivity index (χ4v) is 3.92. The van der Waals surface area contributed by atoms with Gasteiger partial charge in [-0.3, -0.25) is 4.79 Å². The molecule has 1 aliphatic rings. The quantitative estimate of drug-likeness (QED) is 0.598. The lowest BCUT2D eigenvalue weighted by molar-refractivity contribution is 0.0794. The van der Waals surface area contributed by atoms with Crippen molar-refractivity contribution in [2.45, 2.75) is 19.0 Å². The minimum Gasteiger partial charge on any atom is -0.506 e. The zero-order valence-corrected chi connectivity index (χ0v) is 16.4. The predicted molar refractivity (Wildman–Crippen MR) is 115 cm³/mol. The van der Waals surface area contributed by atoms with E-state index in [-0.39, 0.29) is 17.6 Å². The van der Waals surface area contributed by atoms with E-state index in [9.17, 15) is 9.90 Å². The average molecular weight is 385 g/mol. The summed E-state index contributed by atoms with van der Waals surface area (Å²) in [6, 6.07) is 22.4. The van der Waals surface area contributed by atoms with Crippen LogP contribution in [0.3, 0.4) is 0 Å². The maximum atomic E-state index is 13.4. The van der Waals surface area contributed by atoms with Crippen LogP contribution >= 0.6 is 0 Å².